The third-order valence-corrected chi connectivity index (χ3v) is 3.58. The van der Waals surface area contributed by atoms with Crippen LogP contribution >= 0.6 is 0 Å². The third-order valence-electron chi connectivity index (χ3n) is 3.58. The average Bonchev–Trinajstić information content (AvgIpc) is 2.92. The average molecular weight is 279 g/mol. The lowest BCUT2D eigenvalue weighted by Gasteiger charge is -2.34. The zero-order valence-corrected chi connectivity index (χ0v) is 11.9. The van der Waals surface area contributed by atoms with Gasteiger partial charge in [0, 0.05) is 32.0 Å². The number of aromatic nitrogens is 3. The molecular weight excluding hydrogens is 258 g/mol. The molecule has 0 bridgehead atoms. The number of carbonyl (C=O) groups excluding carboxylic acids is 2. The van der Waals surface area contributed by atoms with Gasteiger partial charge in [0.2, 0.25) is 11.8 Å². The van der Waals surface area contributed by atoms with Gasteiger partial charge in [-0.25, -0.2) is 0 Å². The summed E-state index contributed by atoms with van der Waals surface area (Å²) in [7, 11) is 0. The maximum Gasteiger partial charge on any atom is 0.224 e. The van der Waals surface area contributed by atoms with Crippen molar-refractivity contribution in [3.8, 4) is 0 Å². The molecule has 110 valence electrons. The molecule has 2 amide bonds. The van der Waals surface area contributed by atoms with Crippen LogP contribution in [0.25, 0.3) is 0 Å². The quantitative estimate of drug-likeness (QED) is 0.800. The molecular formula is C13H21N5O2. The van der Waals surface area contributed by atoms with Crippen LogP contribution in [0.4, 0.5) is 0 Å². The van der Waals surface area contributed by atoms with E-state index in [1.165, 1.54) is 0 Å². The second kappa shape index (κ2) is 6.49. The molecule has 2 N–H and O–H groups in total. The van der Waals surface area contributed by atoms with Gasteiger partial charge in [-0.2, -0.15) is 15.4 Å². The topological polar surface area (TPSA) is 91.0 Å². The molecule has 2 heterocycles. The summed E-state index contributed by atoms with van der Waals surface area (Å²) in [6.45, 7) is 5.01. The van der Waals surface area contributed by atoms with Crippen LogP contribution in [0.5, 0.6) is 0 Å². The van der Waals surface area contributed by atoms with Gasteiger partial charge in [0.15, 0.2) is 0 Å². The summed E-state index contributed by atoms with van der Waals surface area (Å²) in [4.78, 5) is 25.6. The largest absolute Gasteiger partial charge is 0.355 e. The zero-order chi connectivity index (χ0) is 14.5. The van der Waals surface area contributed by atoms with E-state index in [1.54, 1.807) is 11.1 Å². The van der Waals surface area contributed by atoms with Crippen LogP contribution in [-0.2, 0) is 16.0 Å². The second-order valence-electron chi connectivity index (χ2n) is 5.38. The molecule has 1 saturated heterocycles. The van der Waals surface area contributed by atoms with Gasteiger partial charge >= 0.3 is 0 Å². The fraction of sp³-hybridized carbons (Fsp3) is 0.692. The second-order valence-corrected chi connectivity index (χ2v) is 5.38. The van der Waals surface area contributed by atoms with Crippen LogP contribution in [-0.4, -0.2) is 51.3 Å². The first-order chi connectivity index (χ1) is 9.58. The van der Waals surface area contributed by atoms with Crippen molar-refractivity contribution in [2.45, 2.75) is 39.2 Å². The lowest BCUT2D eigenvalue weighted by atomic mass is 9.95. The minimum atomic E-state index is -0.104. The van der Waals surface area contributed by atoms with Crippen molar-refractivity contribution in [1.82, 2.24) is 25.6 Å². The molecule has 1 aliphatic heterocycles. The highest BCUT2D eigenvalue weighted by atomic mass is 16.2. The maximum absolute atomic E-state index is 12.1. The van der Waals surface area contributed by atoms with Crippen LogP contribution in [0.1, 0.15) is 32.4 Å². The van der Waals surface area contributed by atoms with Crippen molar-refractivity contribution in [3.63, 3.8) is 0 Å². The number of nitrogens with one attached hydrogen (secondary N) is 2. The Bertz CT molecular complexity index is 457. The predicted molar refractivity (Wildman–Crippen MR) is 72.7 cm³/mol. The molecule has 0 radical (unpaired) electrons. The highest BCUT2D eigenvalue weighted by molar-refractivity contribution is 5.83. The van der Waals surface area contributed by atoms with Gasteiger partial charge in [-0.05, 0) is 20.3 Å². The monoisotopic (exact) mass is 279 g/mol. The molecule has 1 aromatic rings. The summed E-state index contributed by atoms with van der Waals surface area (Å²) in [5.74, 6) is 0.0608. The van der Waals surface area contributed by atoms with Crippen LogP contribution in [0.2, 0.25) is 0 Å². The lowest BCUT2D eigenvalue weighted by molar-refractivity contribution is -0.139. The molecule has 0 aliphatic carbocycles. The number of hydrogen-bond donors (Lipinski definition) is 2. The summed E-state index contributed by atoms with van der Waals surface area (Å²) in [6, 6.07) is 0.147. The Labute approximate surface area is 118 Å². The highest BCUT2D eigenvalue weighted by Crippen LogP contribution is 2.19. The zero-order valence-electron chi connectivity index (χ0n) is 11.9. The van der Waals surface area contributed by atoms with Gasteiger partial charge in [0.25, 0.3) is 0 Å². The molecule has 0 saturated carbocycles. The van der Waals surface area contributed by atoms with E-state index in [-0.39, 0.29) is 23.8 Å². The molecule has 7 heteroatoms. The van der Waals surface area contributed by atoms with E-state index >= 15 is 0 Å². The van der Waals surface area contributed by atoms with Gasteiger partial charge in [0.1, 0.15) is 0 Å². The normalized spacial score (nSPS) is 19.4. The smallest absolute Gasteiger partial charge is 0.224 e. The van der Waals surface area contributed by atoms with Crippen LogP contribution in [0.15, 0.2) is 6.20 Å². The summed E-state index contributed by atoms with van der Waals surface area (Å²) in [5, 5.41) is 13.1. The van der Waals surface area contributed by atoms with E-state index in [4.69, 9.17) is 0 Å². The fourth-order valence-electron chi connectivity index (χ4n) is 2.39. The number of carbonyl (C=O) groups is 2. The number of likely N-dealkylation sites (tertiary alicyclic amines) is 1. The Hall–Kier alpha value is -1.92. The fourth-order valence-corrected chi connectivity index (χ4v) is 2.39. The Balaban J connectivity index is 1.79. The van der Waals surface area contributed by atoms with Crippen molar-refractivity contribution in [1.29, 1.82) is 0 Å². The van der Waals surface area contributed by atoms with E-state index in [0.29, 0.717) is 32.4 Å². The Morgan fingerprint density at radius 3 is 3.05 bits per heavy atom. The SMILES string of the molecule is CC(C)N1CC(C(=O)NCCc2cn[nH]n2)CCC1=O. The standard InChI is InChI=1S/C13H21N5O2/c1-9(2)18-8-10(3-4-12(18)19)13(20)14-6-5-11-7-15-17-16-11/h7,9-10H,3-6,8H2,1-2H3,(H,14,20)(H,15,16,17). The predicted octanol–water partition coefficient (Wildman–Crippen LogP) is 0.110. The van der Waals surface area contributed by atoms with Gasteiger partial charge in [-0.15, -0.1) is 0 Å². The molecule has 1 aliphatic rings. The maximum atomic E-state index is 12.1. The first kappa shape index (κ1) is 14.5. The van der Waals surface area contributed by atoms with Crippen LogP contribution < -0.4 is 5.32 Å². The molecule has 1 fully saturated rings. The van der Waals surface area contributed by atoms with Gasteiger partial charge in [-0.1, -0.05) is 0 Å². The molecule has 1 unspecified atom stereocenters. The molecule has 7 nitrogen and oxygen atoms in total. The lowest BCUT2D eigenvalue weighted by Crippen LogP contribution is -2.48. The molecule has 1 atom stereocenters. The molecule has 1 aromatic heterocycles. The van der Waals surface area contributed by atoms with Crippen LogP contribution in [0.3, 0.4) is 0 Å². The van der Waals surface area contributed by atoms with E-state index in [2.05, 4.69) is 20.7 Å². The number of aromatic amines is 1. The number of nitrogens with zero attached hydrogens (tertiary/aromatic N) is 3. The number of hydrogen-bond acceptors (Lipinski definition) is 4. The molecule has 0 aromatic carbocycles. The first-order valence-electron chi connectivity index (χ1n) is 6.99. The van der Waals surface area contributed by atoms with Gasteiger partial charge < -0.3 is 10.2 Å². The summed E-state index contributed by atoms with van der Waals surface area (Å²) in [6.07, 6.45) is 3.39. The van der Waals surface area contributed by atoms with Gasteiger partial charge in [-0.3, -0.25) is 9.59 Å². The van der Waals surface area contributed by atoms with Crippen molar-refractivity contribution < 1.29 is 9.59 Å². The first-order valence-corrected chi connectivity index (χ1v) is 6.99. The van der Waals surface area contributed by atoms with E-state index in [1.807, 2.05) is 13.8 Å². The number of amides is 2. The number of H-pyrrole nitrogens is 1. The summed E-state index contributed by atoms with van der Waals surface area (Å²) >= 11 is 0. The van der Waals surface area contributed by atoms with E-state index in [9.17, 15) is 9.59 Å². The van der Waals surface area contributed by atoms with E-state index < -0.39 is 0 Å². The Morgan fingerprint density at radius 1 is 1.60 bits per heavy atom. The van der Waals surface area contributed by atoms with Crippen LogP contribution in [0, 0.1) is 5.92 Å². The molecule has 2 rings (SSSR count). The number of piperidine rings is 1. The molecule has 0 spiro atoms. The Morgan fingerprint density at radius 2 is 2.40 bits per heavy atom. The summed E-state index contributed by atoms with van der Waals surface area (Å²) < 4.78 is 0. The van der Waals surface area contributed by atoms with Crippen molar-refractivity contribution in [2.24, 2.45) is 5.92 Å². The Kier molecular flexibility index (Phi) is 4.70. The van der Waals surface area contributed by atoms with Crippen molar-refractivity contribution in [3.05, 3.63) is 11.9 Å². The number of rotatable bonds is 5. The summed E-state index contributed by atoms with van der Waals surface area (Å²) in [5.41, 5.74) is 0.827. The van der Waals surface area contributed by atoms with Gasteiger partial charge in [0.05, 0.1) is 17.8 Å². The third kappa shape index (κ3) is 3.55. The minimum absolute atomic E-state index is 0.0200. The van der Waals surface area contributed by atoms with Crippen molar-refractivity contribution >= 4 is 11.8 Å². The highest BCUT2D eigenvalue weighted by Gasteiger charge is 2.31. The van der Waals surface area contributed by atoms with Crippen molar-refractivity contribution in [2.75, 3.05) is 13.1 Å². The minimum Gasteiger partial charge on any atom is -0.355 e. The van der Waals surface area contributed by atoms with E-state index in [0.717, 1.165) is 5.69 Å². The molecule has 20 heavy (non-hydrogen) atoms.